The van der Waals surface area contributed by atoms with Crippen LogP contribution in [0.1, 0.15) is 30.4 Å². The fraction of sp³-hybridized carbons (Fsp3) is 0.200. The lowest BCUT2D eigenvalue weighted by molar-refractivity contribution is -0.153. The van der Waals surface area contributed by atoms with Crippen LogP contribution in [0.2, 0.25) is 0 Å². The summed E-state index contributed by atoms with van der Waals surface area (Å²) in [7, 11) is 0. The highest BCUT2D eigenvalue weighted by Crippen LogP contribution is 2.35. The zero-order valence-corrected chi connectivity index (χ0v) is 15.7. The molecule has 0 bridgehead atoms. The topological polar surface area (TPSA) is 59.2 Å². The number of aromatic amines is 1. The monoisotopic (exact) mass is 417 g/mol. The summed E-state index contributed by atoms with van der Waals surface area (Å²) >= 11 is 3.44. The van der Waals surface area contributed by atoms with Gasteiger partial charge in [-0.05, 0) is 42.3 Å². The van der Waals surface area contributed by atoms with E-state index in [1.165, 1.54) is 6.07 Å². The van der Waals surface area contributed by atoms with Crippen LogP contribution in [0.5, 0.6) is 0 Å². The van der Waals surface area contributed by atoms with Crippen molar-refractivity contribution in [2.75, 3.05) is 6.61 Å². The molecular weight excluding hydrogens is 401 g/mol. The smallest absolute Gasteiger partial charge is 0.374 e. The van der Waals surface area contributed by atoms with Crippen molar-refractivity contribution >= 4 is 38.6 Å². The van der Waals surface area contributed by atoms with Crippen molar-refractivity contribution in [3.05, 3.63) is 70.1 Å². The van der Waals surface area contributed by atoms with Gasteiger partial charge in [0.15, 0.2) is 0 Å². The number of benzene rings is 2. The number of hydrogen-bond acceptors (Lipinski definition) is 3. The molecule has 0 saturated carbocycles. The molecule has 134 valence electrons. The summed E-state index contributed by atoms with van der Waals surface area (Å²) in [6, 6.07) is 12.0. The van der Waals surface area contributed by atoms with Crippen LogP contribution < -0.4 is 0 Å². The zero-order valence-electron chi connectivity index (χ0n) is 14.1. The minimum absolute atomic E-state index is 0.120. The number of aromatic nitrogens is 1. The van der Waals surface area contributed by atoms with Crippen LogP contribution in [0.25, 0.3) is 10.9 Å². The molecule has 26 heavy (non-hydrogen) atoms. The molecule has 0 aliphatic rings. The predicted octanol–water partition coefficient (Wildman–Crippen LogP) is 4.72. The van der Waals surface area contributed by atoms with E-state index in [0.717, 1.165) is 20.9 Å². The lowest BCUT2D eigenvalue weighted by Gasteiger charge is -2.17. The van der Waals surface area contributed by atoms with E-state index in [2.05, 4.69) is 20.9 Å². The van der Waals surface area contributed by atoms with E-state index >= 15 is 0 Å². The molecule has 3 rings (SSSR count). The van der Waals surface area contributed by atoms with E-state index in [9.17, 15) is 14.0 Å². The fourth-order valence-electron chi connectivity index (χ4n) is 3.03. The van der Waals surface area contributed by atoms with Crippen LogP contribution in [-0.2, 0) is 14.3 Å². The van der Waals surface area contributed by atoms with Gasteiger partial charge in [0.1, 0.15) is 5.82 Å². The first-order valence-corrected chi connectivity index (χ1v) is 9.01. The number of esters is 1. The number of ketones is 1. The van der Waals surface area contributed by atoms with Gasteiger partial charge in [0, 0.05) is 33.9 Å². The van der Waals surface area contributed by atoms with Gasteiger partial charge in [-0.2, -0.15) is 0 Å². The number of hydrogen-bond donors (Lipinski definition) is 1. The van der Waals surface area contributed by atoms with Crippen LogP contribution in [0.4, 0.5) is 4.39 Å². The molecule has 0 fully saturated rings. The lowest BCUT2D eigenvalue weighted by atomic mass is 9.86. The van der Waals surface area contributed by atoms with E-state index in [-0.39, 0.29) is 13.0 Å². The Labute approximate surface area is 158 Å². The second-order valence-electron chi connectivity index (χ2n) is 5.86. The maximum absolute atomic E-state index is 14.5. The van der Waals surface area contributed by atoms with Gasteiger partial charge in [0.2, 0.25) is 5.78 Å². The summed E-state index contributed by atoms with van der Waals surface area (Å²) in [5.74, 6) is -2.59. The Kier molecular flexibility index (Phi) is 5.52. The largest absolute Gasteiger partial charge is 0.460 e. The van der Waals surface area contributed by atoms with Gasteiger partial charge in [-0.3, -0.25) is 4.79 Å². The van der Waals surface area contributed by atoms with Gasteiger partial charge < -0.3 is 9.72 Å². The number of halogens is 2. The molecule has 1 heterocycles. The van der Waals surface area contributed by atoms with Crippen LogP contribution in [-0.4, -0.2) is 23.3 Å². The minimum Gasteiger partial charge on any atom is -0.460 e. The molecular formula is C20H17BrFNO3. The molecule has 6 heteroatoms. The average molecular weight is 418 g/mol. The lowest BCUT2D eigenvalue weighted by Crippen LogP contribution is -2.20. The Morgan fingerprint density at radius 3 is 2.69 bits per heavy atom. The Morgan fingerprint density at radius 1 is 1.19 bits per heavy atom. The van der Waals surface area contributed by atoms with Crippen molar-refractivity contribution in [2.24, 2.45) is 0 Å². The van der Waals surface area contributed by atoms with Crippen molar-refractivity contribution in [1.82, 2.24) is 4.98 Å². The number of carbonyl (C=O) groups excluding carboxylic acids is 2. The summed E-state index contributed by atoms with van der Waals surface area (Å²) in [5.41, 5.74) is 1.99. The van der Waals surface area contributed by atoms with E-state index in [1.807, 2.05) is 18.2 Å². The fourth-order valence-corrected chi connectivity index (χ4v) is 3.39. The van der Waals surface area contributed by atoms with E-state index in [0.29, 0.717) is 5.56 Å². The highest BCUT2D eigenvalue weighted by Gasteiger charge is 2.27. The van der Waals surface area contributed by atoms with E-state index in [4.69, 9.17) is 4.74 Å². The second kappa shape index (κ2) is 7.83. The first-order chi connectivity index (χ1) is 12.5. The van der Waals surface area contributed by atoms with Gasteiger partial charge in [-0.25, -0.2) is 9.18 Å². The highest BCUT2D eigenvalue weighted by atomic mass is 79.9. The molecule has 2 aromatic carbocycles. The van der Waals surface area contributed by atoms with Crippen molar-refractivity contribution in [3.8, 4) is 0 Å². The van der Waals surface area contributed by atoms with Crippen LogP contribution in [0, 0.1) is 5.82 Å². The summed E-state index contributed by atoms with van der Waals surface area (Å²) in [6.45, 7) is 1.76. The molecule has 1 N–H and O–H groups in total. The molecule has 1 aromatic heterocycles. The number of carbonyl (C=O) groups is 2. The minimum atomic E-state index is -0.894. The summed E-state index contributed by atoms with van der Waals surface area (Å²) in [6.07, 6.45) is 1.59. The third kappa shape index (κ3) is 3.70. The first-order valence-electron chi connectivity index (χ1n) is 8.22. The molecule has 1 atom stereocenters. The molecule has 0 amide bonds. The Hall–Kier alpha value is -2.47. The number of ether oxygens (including phenoxy) is 1. The van der Waals surface area contributed by atoms with Crippen LogP contribution >= 0.6 is 15.9 Å². The number of nitrogens with one attached hydrogen (secondary N) is 1. The predicted molar refractivity (Wildman–Crippen MR) is 100 cm³/mol. The third-order valence-electron chi connectivity index (χ3n) is 4.22. The standard InChI is InChI=1S/C20H17BrFNO3/c1-2-26-20(25)19(24)10-14(13-5-3-4-6-17(13)22)16-11-23-18-8-7-12(21)9-15(16)18/h3-9,11,14,23H,2,10H2,1H3/t14-/m1/s1. The quantitative estimate of drug-likeness (QED) is 0.466. The summed E-state index contributed by atoms with van der Waals surface area (Å²) < 4.78 is 20.1. The van der Waals surface area contributed by atoms with Crippen LogP contribution in [0.15, 0.2) is 53.1 Å². The van der Waals surface area contributed by atoms with Crippen molar-refractivity contribution in [2.45, 2.75) is 19.3 Å². The molecule has 0 unspecified atom stereocenters. The number of H-pyrrole nitrogens is 1. The van der Waals surface area contributed by atoms with Gasteiger partial charge in [0.05, 0.1) is 6.61 Å². The molecule has 0 radical (unpaired) electrons. The number of Topliss-reactive ketones (excluding diaryl/α,β-unsaturated/α-hetero) is 1. The first kappa shape index (κ1) is 18.3. The average Bonchev–Trinajstić information content (AvgIpc) is 3.03. The maximum atomic E-state index is 14.5. The van der Waals surface area contributed by atoms with Gasteiger partial charge in [-0.1, -0.05) is 34.1 Å². The molecule has 0 aliphatic carbocycles. The van der Waals surface area contributed by atoms with Crippen LogP contribution in [0.3, 0.4) is 0 Å². The van der Waals surface area contributed by atoms with Gasteiger partial charge in [-0.15, -0.1) is 0 Å². The molecule has 4 nitrogen and oxygen atoms in total. The van der Waals surface area contributed by atoms with Crippen molar-refractivity contribution in [3.63, 3.8) is 0 Å². The molecule has 0 spiro atoms. The Balaban J connectivity index is 2.08. The molecule has 0 aliphatic heterocycles. The Bertz CT molecular complexity index is 967. The third-order valence-corrected chi connectivity index (χ3v) is 4.72. The van der Waals surface area contributed by atoms with Gasteiger partial charge >= 0.3 is 5.97 Å². The Morgan fingerprint density at radius 2 is 1.96 bits per heavy atom. The second-order valence-corrected chi connectivity index (χ2v) is 6.77. The summed E-state index contributed by atoms with van der Waals surface area (Å²) in [5, 5.41) is 0.865. The zero-order chi connectivity index (χ0) is 18.7. The van der Waals surface area contributed by atoms with Crippen molar-refractivity contribution < 1.29 is 18.7 Å². The van der Waals surface area contributed by atoms with Gasteiger partial charge in [0.25, 0.3) is 0 Å². The molecule has 0 saturated heterocycles. The summed E-state index contributed by atoms with van der Waals surface area (Å²) in [4.78, 5) is 27.3. The normalized spacial score (nSPS) is 12.1. The SMILES string of the molecule is CCOC(=O)C(=O)C[C@H](c1ccccc1F)c1c[nH]c2ccc(Br)cc12. The number of fused-ring (bicyclic) bond motifs is 1. The molecule has 3 aromatic rings. The number of rotatable bonds is 6. The maximum Gasteiger partial charge on any atom is 0.374 e. The van der Waals surface area contributed by atoms with E-state index in [1.54, 1.807) is 31.3 Å². The van der Waals surface area contributed by atoms with Crippen molar-refractivity contribution in [1.29, 1.82) is 0 Å². The highest BCUT2D eigenvalue weighted by molar-refractivity contribution is 9.10. The van der Waals surface area contributed by atoms with E-state index < -0.39 is 23.5 Å².